The van der Waals surface area contributed by atoms with E-state index in [4.69, 9.17) is 15.0 Å². The molecule has 0 radical (unpaired) electrons. The summed E-state index contributed by atoms with van der Waals surface area (Å²) in [5.74, 6) is 0.899. The molecule has 3 rings (SSSR count). The maximum Gasteiger partial charge on any atom is 0.230 e. The van der Waals surface area contributed by atoms with Gasteiger partial charge in [0.15, 0.2) is 9.84 Å². The molecule has 19 heavy (non-hydrogen) atoms. The van der Waals surface area contributed by atoms with E-state index in [0.29, 0.717) is 11.3 Å². The van der Waals surface area contributed by atoms with Crippen LogP contribution in [-0.2, 0) is 9.84 Å². The molecule has 7 heteroatoms. The van der Waals surface area contributed by atoms with Gasteiger partial charge in [-0.2, -0.15) is 0 Å². The summed E-state index contributed by atoms with van der Waals surface area (Å²) in [6.45, 7) is 0. The molecule has 0 amide bonds. The fourth-order valence-corrected chi connectivity index (χ4v) is 3.18. The Morgan fingerprint density at radius 2 is 2.00 bits per heavy atom. The Morgan fingerprint density at radius 3 is 2.63 bits per heavy atom. The van der Waals surface area contributed by atoms with Crippen molar-refractivity contribution in [3.05, 3.63) is 30.5 Å². The van der Waals surface area contributed by atoms with Gasteiger partial charge in [-0.25, -0.2) is 8.42 Å². The second-order valence-corrected chi connectivity index (χ2v) is 6.57. The number of rotatable bonds is 3. The molecule has 2 N–H and O–H groups in total. The van der Waals surface area contributed by atoms with Gasteiger partial charge < -0.3 is 15.0 Å². The largest absolute Gasteiger partial charge is 0.488 e. The smallest absolute Gasteiger partial charge is 0.230 e. The van der Waals surface area contributed by atoms with Crippen LogP contribution in [0.25, 0.3) is 11.1 Å². The number of para-hydroxylation sites is 1. The van der Waals surface area contributed by atoms with E-state index in [-0.39, 0.29) is 23.5 Å². The standard InChI is InChI=1S/C12H12N2O4S/c13-12-10(5-14-18-12)9-3-1-2-4-11(9)17-8-6-19(15,16)7-8/h1-5,8H,6-7,13H2. The predicted molar refractivity (Wildman–Crippen MR) is 69.4 cm³/mol. The van der Waals surface area contributed by atoms with Crippen LogP contribution in [0.1, 0.15) is 0 Å². The van der Waals surface area contributed by atoms with Crippen LogP contribution in [0.4, 0.5) is 5.88 Å². The van der Waals surface area contributed by atoms with E-state index in [0.717, 1.165) is 5.56 Å². The van der Waals surface area contributed by atoms with Gasteiger partial charge in [0.1, 0.15) is 11.9 Å². The first-order valence-corrected chi connectivity index (χ1v) is 7.54. The van der Waals surface area contributed by atoms with Crippen molar-refractivity contribution >= 4 is 15.7 Å². The van der Waals surface area contributed by atoms with Crippen molar-refractivity contribution in [1.29, 1.82) is 0 Å². The maximum absolute atomic E-state index is 11.1. The molecule has 2 aromatic rings. The van der Waals surface area contributed by atoms with Gasteiger partial charge in [-0.3, -0.25) is 0 Å². The van der Waals surface area contributed by atoms with Gasteiger partial charge >= 0.3 is 0 Å². The van der Waals surface area contributed by atoms with E-state index in [9.17, 15) is 8.42 Å². The molecule has 0 bridgehead atoms. The van der Waals surface area contributed by atoms with Crippen LogP contribution in [0, 0.1) is 0 Å². The fraction of sp³-hybridized carbons (Fsp3) is 0.250. The molecule has 0 aliphatic carbocycles. The lowest BCUT2D eigenvalue weighted by Gasteiger charge is -2.27. The molecule has 0 saturated carbocycles. The molecule has 6 nitrogen and oxygen atoms in total. The van der Waals surface area contributed by atoms with E-state index in [1.165, 1.54) is 6.20 Å². The van der Waals surface area contributed by atoms with Gasteiger partial charge in [0.05, 0.1) is 23.3 Å². The highest BCUT2D eigenvalue weighted by molar-refractivity contribution is 7.92. The summed E-state index contributed by atoms with van der Waals surface area (Å²) in [5, 5.41) is 3.62. The lowest BCUT2D eigenvalue weighted by Crippen LogP contribution is -2.45. The van der Waals surface area contributed by atoms with Crippen molar-refractivity contribution < 1.29 is 17.7 Å². The summed E-state index contributed by atoms with van der Waals surface area (Å²) in [6.07, 6.45) is 1.21. The minimum atomic E-state index is -2.91. The van der Waals surface area contributed by atoms with Crippen LogP contribution in [0.5, 0.6) is 5.75 Å². The third kappa shape index (κ3) is 2.28. The van der Waals surface area contributed by atoms with E-state index in [2.05, 4.69) is 5.16 Å². The zero-order valence-electron chi connectivity index (χ0n) is 9.94. The fourth-order valence-electron chi connectivity index (χ4n) is 2.01. The Balaban J connectivity index is 1.89. The van der Waals surface area contributed by atoms with Crippen molar-refractivity contribution in [3.63, 3.8) is 0 Å². The maximum atomic E-state index is 11.1. The molecule has 1 saturated heterocycles. The summed E-state index contributed by atoms with van der Waals surface area (Å²) < 4.78 is 32.8. The van der Waals surface area contributed by atoms with Gasteiger partial charge in [-0.15, -0.1) is 0 Å². The van der Waals surface area contributed by atoms with E-state index < -0.39 is 9.84 Å². The van der Waals surface area contributed by atoms with Gasteiger partial charge in [0, 0.05) is 5.56 Å². The zero-order chi connectivity index (χ0) is 13.5. The number of anilines is 1. The Kier molecular flexibility index (Phi) is 2.70. The highest BCUT2D eigenvalue weighted by Gasteiger charge is 2.35. The van der Waals surface area contributed by atoms with E-state index >= 15 is 0 Å². The normalized spacial score (nSPS) is 17.9. The molecule has 100 valence electrons. The third-order valence-electron chi connectivity index (χ3n) is 2.95. The number of aromatic nitrogens is 1. The number of ether oxygens (including phenoxy) is 1. The predicted octanol–water partition coefficient (Wildman–Crippen LogP) is 1.10. The summed E-state index contributed by atoms with van der Waals surface area (Å²) in [6, 6.07) is 7.25. The number of nitrogens with two attached hydrogens (primary N) is 1. The molecule has 0 unspecified atom stereocenters. The average molecular weight is 280 g/mol. The first-order valence-electron chi connectivity index (χ1n) is 5.72. The summed E-state index contributed by atoms with van der Waals surface area (Å²) in [4.78, 5) is 0. The van der Waals surface area contributed by atoms with Gasteiger partial charge in [-0.05, 0) is 6.07 Å². The summed E-state index contributed by atoms with van der Waals surface area (Å²) >= 11 is 0. The first-order chi connectivity index (χ1) is 9.05. The van der Waals surface area contributed by atoms with Crippen molar-refractivity contribution in [2.45, 2.75) is 6.10 Å². The minimum Gasteiger partial charge on any atom is -0.488 e. The lowest BCUT2D eigenvalue weighted by atomic mass is 10.1. The van der Waals surface area contributed by atoms with E-state index in [1.54, 1.807) is 6.07 Å². The number of nitrogen functional groups attached to an aromatic ring is 1. The van der Waals surface area contributed by atoms with Gasteiger partial charge in [0.25, 0.3) is 0 Å². The molecule has 1 fully saturated rings. The summed E-state index contributed by atoms with van der Waals surface area (Å²) in [5.41, 5.74) is 7.06. The molecule has 1 aliphatic rings. The van der Waals surface area contributed by atoms with Crippen molar-refractivity contribution in [2.75, 3.05) is 17.2 Å². The monoisotopic (exact) mass is 280 g/mol. The minimum absolute atomic E-state index is 0.0560. The number of hydrogen-bond donors (Lipinski definition) is 1. The number of hydrogen-bond acceptors (Lipinski definition) is 6. The third-order valence-corrected chi connectivity index (χ3v) is 4.71. The number of nitrogens with zero attached hydrogens (tertiary/aromatic N) is 1. The Bertz CT molecular complexity index is 696. The molecule has 1 aromatic heterocycles. The van der Waals surface area contributed by atoms with Crippen molar-refractivity contribution in [1.82, 2.24) is 5.16 Å². The SMILES string of the molecule is Nc1oncc1-c1ccccc1OC1CS(=O)(=O)C1. The lowest BCUT2D eigenvalue weighted by molar-refractivity contribution is 0.231. The Morgan fingerprint density at radius 1 is 1.26 bits per heavy atom. The highest BCUT2D eigenvalue weighted by atomic mass is 32.2. The topological polar surface area (TPSA) is 95.4 Å². The van der Waals surface area contributed by atoms with Gasteiger partial charge in [-0.1, -0.05) is 23.4 Å². The van der Waals surface area contributed by atoms with Crippen LogP contribution >= 0.6 is 0 Å². The van der Waals surface area contributed by atoms with Crippen LogP contribution in [0.2, 0.25) is 0 Å². The van der Waals surface area contributed by atoms with E-state index in [1.807, 2.05) is 18.2 Å². The van der Waals surface area contributed by atoms with Gasteiger partial charge in [0.2, 0.25) is 5.88 Å². The van der Waals surface area contributed by atoms with Crippen LogP contribution in [0.15, 0.2) is 35.0 Å². The molecule has 0 spiro atoms. The molecule has 1 aromatic carbocycles. The zero-order valence-corrected chi connectivity index (χ0v) is 10.8. The van der Waals surface area contributed by atoms with Crippen molar-refractivity contribution in [2.24, 2.45) is 0 Å². The number of benzene rings is 1. The van der Waals surface area contributed by atoms with Crippen LogP contribution in [-0.4, -0.2) is 31.2 Å². The first kappa shape index (κ1) is 12.0. The molecule has 1 aliphatic heterocycles. The van der Waals surface area contributed by atoms with Crippen LogP contribution < -0.4 is 10.5 Å². The summed E-state index contributed by atoms with van der Waals surface area (Å²) in [7, 11) is -2.91. The second-order valence-electron chi connectivity index (χ2n) is 4.42. The van der Waals surface area contributed by atoms with Crippen molar-refractivity contribution in [3.8, 4) is 16.9 Å². The highest BCUT2D eigenvalue weighted by Crippen LogP contribution is 2.34. The molecular weight excluding hydrogens is 268 g/mol. The second kappa shape index (κ2) is 4.27. The average Bonchev–Trinajstić information content (AvgIpc) is 2.74. The Hall–Kier alpha value is -2.02. The quantitative estimate of drug-likeness (QED) is 0.904. The Labute approximate surface area is 110 Å². The molecule has 2 heterocycles. The number of sulfone groups is 1. The molecule has 0 atom stereocenters. The van der Waals surface area contributed by atoms with Crippen LogP contribution in [0.3, 0.4) is 0 Å². The molecular formula is C12H12N2O4S.